The van der Waals surface area contributed by atoms with Gasteiger partial charge in [-0.1, -0.05) is 0 Å². The molecule has 2 aliphatic carbocycles. The van der Waals surface area contributed by atoms with E-state index < -0.39 is 0 Å². The van der Waals surface area contributed by atoms with E-state index in [1.54, 1.807) is 0 Å². The SMILES string of the molecule is CNC1CC(O)C1.CNC1CC(O)C1.Cl.Cl. The first kappa shape index (κ1) is 18.8. The normalized spacial score (nSPS) is 35.2. The zero-order valence-corrected chi connectivity index (χ0v) is 11.5. The zero-order chi connectivity index (χ0) is 10.6. The molecule has 0 heterocycles. The monoisotopic (exact) mass is 274 g/mol. The van der Waals surface area contributed by atoms with Gasteiger partial charge in [0.2, 0.25) is 0 Å². The number of nitrogens with one attached hydrogen (secondary N) is 2. The van der Waals surface area contributed by atoms with Crippen LogP contribution < -0.4 is 10.6 Å². The summed E-state index contributed by atoms with van der Waals surface area (Å²) in [6.45, 7) is 0. The van der Waals surface area contributed by atoms with Gasteiger partial charge in [-0.15, -0.1) is 24.8 Å². The average molecular weight is 275 g/mol. The molecule has 0 aromatic carbocycles. The summed E-state index contributed by atoms with van der Waals surface area (Å²) in [5.41, 5.74) is 0. The van der Waals surface area contributed by atoms with E-state index in [0.717, 1.165) is 25.7 Å². The molecule has 0 aromatic rings. The van der Waals surface area contributed by atoms with Gasteiger partial charge in [0.25, 0.3) is 0 Å². The van der Waals surface area contributed by atoms with E-state index in [2.05, 4.69) is 10.6 Å². The van der Waals surface area contributed by atoms with Crippen LogP contribution in [0.15, 0.2) is 0 Å². The molecular formula is C10H24Cl2N2O2. The number of aliphatic hydroxyl groups excluding tert-OH is 2. The highest BCUT2D eigenvalue weighted by Crippen LogP contribution is 2.18. The number of hydrogen-bond acceptors (Lipinski definition) is 4. The van der Waals surface area contributed by atoms with Crippen LogP contribution in [0.5, 0.6) is 0 Å². The van der Waals surface area contributed by atoms with Crippen molar-refractivity contribution in [1.29, 1.82) is 0 Å². The van der Waals surface area contributed by atoms with Crippen molar-refractivity contribution in [1.82, 2.24) is 10.6 Å². The van der Waals surface area contributed by atoms with Gasteiger partial charge >= 0.3 is 0 Å². The maximum absolute atomic E-state index is 8.71. The molecule has 0 spiro atoms. The largest absolute Gasteiger partial charge is 0.393 e. The first-order valence-corrected chi connectivity index (χ1v) is 5.36. The van der Waals surface area contributed by atoms with Crippen LogP contribution in [0.25, 0.3) is 0 Å². The van der Waals surface area contributed by atoms with Gasteiger partial charge in [-0.3, -0.25) is 0 Å². The average Bonchev–Trinajstić information content (AvgIpc) is 2.08. The molecule has 0 amide bonds. The molecule has 0 aromatic heterocycles. The highest BCUT2D eigenvalue weighted by molar-refractivity contribution is 5.85. The number of aliphatic hydroxyl groups is 2. The van der Waals surface area contributed by atoms with Gasteiger partial charge < -0.3 is 20.8 Å². The van der Waals surface area contributed by atoms with Crippen LogP contribution in [0.2, 0.25) is 0 Å². The number of rotatable bonds is 2. The molecule has 0 unspecified atom stereocenters. The van der Waals surface area contributed by atoms with Crippen LogP contribution in [-0.4, -0.2) is 48.6 Å². The lowest BCUT2D eigenvalue weighted by Gasteiger charge is -2.30. The second-order valence-electron chi connectivity index (χ2n) is 4.22. The summed E-state index contributed by atoms with van der Waals surface area (Å²) < 4.78 is 0. The van der Waals surface area contributed by atoms with E-state index in [-0.39, 0.29) is 37.0 Å². The van der Waals surface area contributed by atoms with Gasteiger partial charge in [0.15, 0.2) is 0 Å². The minimum atomic E-state index is -0.0163. The van der Waals surface area contributed by atoms with Crippen molar-refractivity contribution in [2.24, 2.45) is 0 Å². The van der Waals surface area contributed by atoms with Gasteiger partial charge in [0, 0.05) is 12.1 Å². The minimum Gasteiger partial charge on any atom is -0.393 e. The Balaban J connectivity index is 0. The van der Waals surface area contributed by atoms with Crippen molar-refractivity contribution in [3.63, 3.8) is 0 Å². The smallest absolute Gasteiger partial charge is 0.0570 e. The molecule has 0 radical (unpaired) electrons. The van der Waals surface area contributed by atoms with Gasteiger partial charge in [-0.05, 0) is 39.8 Å². The quantitative estimate of drug-likeness (QED) is 0.585. The Kier molecular flexibility index (Phi) is 11.1. The Morgan fingerprint density at radius 3 is 1.06 bits per heavy atom. The maximum atomic E-state index is 8.71. The van der Waals surface area contributed by atoms with Crippen molar-refractivity contribution in [2.45, 2.75) is 50.0 Å². The molecule has 0 atom stereocenters. The number of hydrogen-bond donors (Lipinski definition) is 4. The molecular weight excluding hydrogens is 251 g/mol. The van der Waals surface area contributed by atoms with Crippen molar-refractivity contribution in [2.75, 3.05) is 14.1 Å². The van der Waals surface area contributed by atoms with Gasteiger partial charge in [0.05, 0.1) is 12.2 Å². The van der Waals surface area contributed by atoms with E-state index >= 15 is 0 Å². The molecule has 2 aliphatic rings. The van der Waals surface area contributed by atoms with Crippen molar-refractivity contribution in [3.8, 4) is 0 Å². The standard InChI is InChI=1S/2C5H11NO.2ClH/c2*1-6-4-2-5(7)3-4;;/h2*4-7H,2-3H2,1H3;2*1H. The fourth-order valence-corrected chi connectivity index (χ4v) is 1.65. The second-order valence-corrected chi connectivity index (χ2v) is 4.22. The number of halogens is 2. The first-order chi connectivity index (χ1) is 6.65. The molecule has 16 heavy (non-hydrogen) atoms. The fraction of sp³-hybridized carbons (Fsp3) is 1.00. The molecule has 2 fully saturated rings. The molecule has 0 bridgehead atoms. The van der Waals surface area contributed by atoms with Crippen LogP contribution in [0.1, 0.15) is 25.7 Å². The predicted octanol–water partition coefficient (Wildman–Crippen LogP) is 0.302. The summed E-state index contributed by atoms with van der Waals surface area (Å²) >= 11 is 0. The summed E-state index contributed by atoms with van der Waals surface area (Å²) in [6.07, 6.45) is 3.73. The summed E-state index contributed by atoms with van der Waals surface area (Å²) in [5, 5.41) is 23.6. The molecule has 100 valence electrons. The van der Waals surface area contributed by atoms with Gasteiger partial charge in [-0.25, -0.2) is 0 Å². The fourth-order valence-electron chi connectivity index (χ4n) is 1.65. The Morgan fingerprint density at radius 1 is 0.750 bits per heavy atom. The maximum Gasteiger partial charge on any atom is 0.0570 e. The summed E-state index contributed by atoms with van der Waals surface area (Å²) in [6, 6.07) is 1.19. The van der Waals surface area contributed by atoms with Crippen molar-refractivity contribution >= 4 is 24.8 Å². The third-order valence-electron chi connectivity index (χ3n) is 3.04. The summed E-state index contributed by atoms with van der Waals surface area (Å²) in [4.78, 5) is 0. The summed E-state index contributed by atoms with van der Waals surface area (Å²) in [7, 11) is 3.85. The zero-order valence-electron chi connectivity index (χ0n) is 9.85. The van der Waals surface area contributed by atoms with Crippen LogP contribution in [-0.2, 0) is 0 Å². The van der Waals surface area contributed by atoms with Gasteiger partial charge in [-0.2, -0.15) is 0 Å². The lowest BCUT2D eigenvalue weighted by atomic mass is 9.90. The minimum absolute atomic E-state index is 0. The van der Waals surface area contributed by atoms with Crippen LogP contribution >= 0.6 is 24.8 Å². The van der Waals surface area contributed by atoms with Crippen molar-refractivity contribution < 1.29 is 10.2 Å². The van der Waals surface area contributed by atoms with E-state index in [1.807, 2.05) is 14.1 Å². The van der Waals surface area contributed by atoms with Crippen LogP contribution in [0.3, 0.4) is 0 Å². The predicted molar refractivity (Wildman–Crippen MR) is 70.7 cm³/mol. The van der Waals surface area contributed by atoms with Crippen LogP contribution in [0, 0.1) is 0 Å². The first-order valence-electron chi connectivity index (χ1n) is 5.36. The molecule has 0 aliphatic heterocycles. The Labute approximate surface area is 110 Å². The highest BCUT2D eigenvalue weighted by atomic mass is 35.5. The van der Waals surface area contributed by atoms with E-state index in [9.17, 15) is 0 Å². The van der Waals surface area contributed by atoms with E-state index in [4.69, 9.17) is 10.2 Å². The van der Waals surface area contributed by atoms with E-state index in [1.165, 1.54) is 0 Å². The molecule has 4 nitrogen and oxygen atoms in total. The lowest BCUT2D eigenvalue weighted by molar-refractivity contribution is 0.0653. The van der Waals surface area contributed by atoms with Gasteiger partial charge in [0.1, 0.15) is 0 Å². The molecule has 4 N–H and O–H groups in total. The van der Waals surface area contributed by atoms with Crippen LogP contribution in [0.4, 0.5) is 0 Å². The molecule has 2 rings (SSSR count). The van der Waals surface area contributed by atoms with E-state index in [0.29, 0.717) is 12.1 Å². The summed E-state index contributed by atoms with van der Waals surface area (Å²) in [5.74, 6) is 0. The Hall–Kier alpha value is 0.420. The highest BCUT2D eigenvalue weighted by Gasteiger charge is 2.25. The third-order valence-corrected chi connectivity index (χ3v) is 3.04. The molecule has 0 saturated heterocycles. The van der Waals surface area contributed by atoms with Crippen molar-refractivity contribution in [3.05, 3.63) is 0 Å². The third kappa shape index (κ3) is 6.23. The topological polar surface area (TPSA) is 64.5 Å². The molecule has 2 saturated carbocycles. The molecule has 6 heteroatoms. The Bertz CT molecular complexity index is 145. The lowest BCUT2D eigenvalue weighted by Crippen LogP contribution is -2.42. The Morgan fingerprint density at radius 2 is 1.00 bits per heavy atom. The second kappa shape index (κ2) is 9.45.